The number of aliphatic imine (C=N–C) groups is 1. The fourth-order valence-corrected chi connectivity index (χ4v) is 1.84. The van der Waals surface area contributed by atoms with Crippen molar-refractivity contribution < 1.29 is 29.6 Å². The number of ether oxygens (including phenoxy) is 2. The third-order valence-corrected chi connectivity index (χ3v) is 2.84. The summed E-state index contributed by atoms with van der Waals surface area (Å²) in [6, 6.07) is 1.57. The quantitative estimate of drug-likeness (QED) is 0.420. The highest BCUT2D eigenvalue weighted by Gasteiger charge is 2.49. The van der Waals surface area contributed by atoms with Gasteiger partial charge in [-0.05, 0) is 4.99 Å². The number of nitriles is 1. The molecule has 2 heterocycles. The number of allylic oxidation sites excluding steroid dienone is 1. The molecule has 20 heavy (non-hydrogen) atoms. The van der Waals surface area contributed by atoms with E-state index in [2.05, 4.69) is 16.1 Å². The predicted molar refractivity (Wildman–Crippen MR) is 59.2 cm³/mol. The first-order valence-corrected chi connectivity index (χ1v) is 5.67. The molecule has 2 N–H and O–H groups in total. The second-order valence-electron chi connectivity index (χ2n) is 4.20. The number of hydrogen-bond donors (Lipinski definition) is 2. The molecule has 106 valence electrons. The average Bonchev–Trinajstić information content (AvgIpc) is 2.90. The molecule has 0 amide bonds. The summed E-state index contributed by atoms with van der Waals surface area (Å²) in [5.74, 6) is -1.35. The molecule has 0 aliphatic carbocycles. The van der Waals surface area contributed by atoms with Crippen LogP contribution in [-0.4, -0.2) is 58.6 Å². The monoisotopic (exact) mass is 281 g/mol. The Hall–Kier alpha value is -2.24. The molecule has 9 heteroatoms. The number of carbonyl (C=O) groups is 1. The number of aliphatic hydroxyl groups excluding tert-OH is 2. The number of aliphatic hydroxyl groups is 2. The first-order chi connectivity index (χ1) is 9.45. The fourth-order valence-electron chi connectivity index (χ4n) is 1.84. The van der Waals surface area contributed by atoms with Gasteiger partial charge in [0.05, 0.1) is 0 Å². The Kier molecular flexibility index (Phi) is 3.83. The minimum absolute atomic E-state index is 0.266. The standard InChI is InChI=1S/C11H11N3O6/c1-5(15)19-3-7-8(16)9(17)11(20-7)14-4-13-6(2-12)10(14)18/h7-9,11,16-17H,3H2,1H3/t7-,8-,9-,11-/m1/s1. The first-order valence-electron chi connectivity index (χ1n) is 5.67. The van der Waals surface area contributed by atoms with Gasteiger partial charge in [-0.1, -0.05) is 0 Å². The second kappa shape index (κ2) is 5.40. The van der Waals surface area contributed by atoms with Gasteiger partial charge >= 0.3 is 11.7 Å². The highest BCUT2D eigenvalue weighted by atomic mass is 16.6. The van der Waals surface area contributed by atoms with Crippen LogP contribution in [0.1, 0.15) is 6.92 Å². The lowest BCUT2D eigenvalue weighted by atomic mass is 10.1. The van der Waals surface area contributed by atoms with Gasteiger partial charge in [-0.25, -0.2) is 0 Å². The van der Waals surface area contributed by atoms with Crippen LogP contribution in [0.3, 0.4) is 0 Å². The maximum absolute atomic E-state index is 11.7. The van der Waals surface area contributed by atoms with E-state index in [-0.39, 0.29) is 6.61 Å². The molecule has 0 aromatic heterocycles. The summed E-state index contributed by atoms with van der Waals surface area (Å²) in [4.78, 5) is 14.9. The third-order valence-electron chi connectivity index (χ3n) is 2.84. The lowest BCUT2D eigenvalue weighted by Gasteiger charge is -2.21. The van der Waals surface area contributed by atoms with Gasteiger partial charge in [0.2, 0.25) is 6.07 Å². The van der Waals surface area contributed by atoms with Gasteiger partial charge < -0.3 is 24.8 Å². The maximum atomic E-state index is 11.7. The topological polar surface area (TPSA) is 138 Å². The van der Waals surface area contributed by atoms with Gasteiger partial charge in [0.15, 0.2) is 12.1 Å². The number of rotatable bonds is 3. The number of hydrogen-bond acceptors (Lipinski definition) is 9. The third kappa shape index (κ3) is 2.41. The smallest absolute Gasteiger partial charge is 0.315 e. The van der Waals surface area contributed by atoms with Gasteiger partial charge in [0.25, 0.3) is 6.34 Å². The molecule has 1 saturated heterocycles. The molecule has 0 aromatic rings. The van der Waals surface area contributed by atoms with Crippen LogP contribution in [0.15, 0.2) is 16.6 Å². The van der Waals surface area contributed by atoms with Crippen molar-refractivity contribution in [3.63, 3.8) is 0 Å². The molecule has 2 rings (SSSR count). The number of nitrogens with zero attached hydrogens (tertiary/aromatic N) is 3. The molecule has 2 aliphatic heterocycles. The van der Waals surface area contributed by atoms with Crippen molar-refractivity contribution in [2.75, 3.05) is 6.61 Å². The van der Waals surface area contributed by atoms with Gasteiger partial charge in [0, 0.05) is 6.92 Å². The van der Waals surface area contributed by atoms with E-state index in [0.29, 0.717) is 0 Å². The highest BCUT2D eigenvalue weighted by molar-refractivity contribution is 5.66. The summed E-state index contributed by atoms with van der Waals surface area (Å²) in [5.41, 5.74) is -0.390. The highest BCUT2D eigenvalue weighted by Crippen LogP contribution is 2.27. The molecule has 2 aliphatic rings. The summed E-state index contributed by atoms with van der Waals surface area (Å²) in [6.07, 6.45) is -2.78. The number of esters is 1. The Morgan fingerprint density at radius 1 is 1.65 bits per heavy atom. The van der Waals surface area contributed by atoms with Crippen molar-refractivity contribution in [3.8, 4) is 6.07 Å². The van der Waals surface area contributed by atoms with Gasteiger partial charge in [0.1, 0.15) is 24.9 Å². The van der Waals surface area contributed by atoms with Crippen LogP contribution in [0.2, 0.25) is 0 Å². The molecule has 0 bridgehead atoms. The fraction of sp³-hybridized carbons (Fsp3) is 0.545. The number of carbonyl (C=O) groups excluding carboxylic acids is 1. The lowest BCUT2D eigenvalue weighted by molar-refractivity contribution is -0.335. The van der Waals surface area contributed by atoms with E-state index in [1.54, 1.807) is 6.07 Å². The Morgan fingerprint density at radius 3 is 2.90 bits per heavy atom. The molecular weight excluding hydrogens is 270 g/mol. The minimum Gasteiger partial charge on any atom is -0.788 e. The largest absolute Gasteiger partial charge is 0.788 e. The minimum atomic E-state index is -1.43. The molecule has 0 spiro atoms. The zero-order valence-corrected chi connectivity index (χ0v) is 10.4. The molecule has 1 fully saturated rings. The van der Waals surface area contributed by atoms with Crippen molar-refractivity contribution in [1.82, 2.24) is 4.90 Å². The van der Waals surface area contributed by atoms with E-state index in [0.717, 1.165) is 4.90 Å². The zero-order valence-electron chi connectivity index (χ0n) is 10.4. The molecule has 0 saturated carbocycles. The Bertz CT molecular complexity index is 511. The molecule has 0 aromatic carbocycles. The van der Waals surface area contributed by atoms with Crippen LogP contribution in [0.25, 0.3) is 0 Å². The van der Waals surface area contributed by atoms with E-state index in [1.807, 2.05) is 0 Å². The van der Waals surface area contributed by atoms with Crippen molar-refractivity contribution >= 4 is 12.3 Å². The van der Waals surface area contributed by atoms with Crippen LogP contribution in [0.5, 0.6) is 0 Å². The summed E-state index contributed by atoms with van der Waals surface area (Å²) in [5, 5.41) is 40.0. The first kappa shape index (κ1) is 14.2. The molecule has 4 atom stereocenters. The molecule has 9 nitrogen and oxygen atoms in total. The van der Waals surface area contributed by atoms with Gasteiger partial charge in [-0.15, -0.1) is 4.90 Å². The van der Waals surface area contributed by atoms with Crippen molar-refractivity contribution in [3.05, 3.63) is 11.6 Å². The van der Waals surface area contributed by atoms with E-state index >= 15 is 0 Å². The maximum Gasteiger partial charge on any atom is 0.315 e. The van der Waals surface area contributed by atoms with E-state index < -0.39 is 42.1 Å². The van der Waals surface area contributed by atoms with E-state index in [1.165, 1.54) is 6.92 Å². The molecule has 0 unspecified atom stereocenters. The zero-order chi connectivity index (χ0) is 14.9. The van der Waals surface area contributed by atoms with Crippen LogP contribution in [0, 0.1) is 11.3 Å². The summed E-state index contributed by atoms with van der Waals surface area (Å²) in [7, 11) is 0. The van der Waals surface area contributed by atoms with Crippen molar-refractivity contribution in [1.29, 1.82) is 5.26 Å². The lowest BCUT2D eigenvalue weighted by Crippen LogP contribution is -2.44. The van der Waals surface area contributed by atoms with Crippen LogP contribution in [0.4, 0.5) is 0 Å². The van der Waals surface area contributed by atoms with Crippen LogP contribution in [-0.2, 0) is 14.3 Å². The summed E-state index contributed by atoms with van der Waals surface area (Å²) >= 11 is 0. The van der Waals surface area contributed by atoms with E-state index in [9.17, 15) is 20.1 Å². The van der Waals surface area contributed by atoms with E-state index in [4.69, 9.17) is 10.00 Å². The van der Waals surface area contributed by atoms with Crippen LogP contribution >= 0.6 is 0 Å². The Labute approximate surface area is 114 Å². The summed E-state index contributed by atoms with van der Waals surface area (Å²) in [6.45, 7) is 0.923. The van der Waals surface area contributed by atoms with Crippen LogP contribution < -0.4 is 5.11 Å². The summed E-state index contributed by atoms with van der Waals surface area (Å²) < 4.78 is 9.95. The SMILES string of the molecule is CC(=O)OC[C@H]1O[C@@H](N2[C+]=NC(C#N)=C2[O-])[C@H](O)[C@@H]1O. The predicted octanol–water partition coefficient (Wildman–Crippen LogP) is -2.73. The van der Waals surface area contributed by atoms with Crippen molar-refractivity contribution in [2.45, 2.75) is 31.5 Å². The molecular formula is C11H11N3O6. The molecule has 0 radical (unpaired) electrons. The average molecular weight is 281 g/mol. The Balaban J connectivity index is 2.08. The van der Waals surface area contributed by atoms with Gasteiger partial charge in [-0.2, -0.15) is 5.26 Å². The normalized spacial score (nSPS) is 32.2. The second-order valence-corrected chi connectivity index (χ2v) is 4.20. The Morgan fingerprint density at radius 2 is 2.35 bits per heavy atom. The van der Waals surface area contributed by atoms with Crippen molar-refractivity contribution in [2.24, 2.45) is 4.99 Å². The van der Waals surface area contributed by atoms with Gasteiger partial charge in [-0.3, -0.25) is 4.79 Å².